The van der Waals surface area contributed by atoms with Crippen LogP contribution in [0.4, 0.5) is 10.8 Å². The molecule has 2 aromatic rings. The van der Waals surface area contributed by atoms with Crippen LogP contribution < -0.4 is 10.6 Å². The Labute approximate surface area is 162 Å². The van der Waals surface area contributed by atoms with Gasteiger partial charge in [0.05, 0.1) is 17.2 Å². The van der Waals surface area contributed by atoms with E-state index in [-0.39, 0.29) is 23.3 Å². The lowest BCUT2D eigenvalue weighted by molar-refractivity contribution is -0.114. The fraction of sp³-hybridized carbons (Fsp3) is 0.421. The third-order valence-corrected chi connectivity index (χ3v) is 6.35. The molecule has 0 unspecified atom stereocenters. The highest BCUT2D eigenvalue weighted by Gasteiger charge is 2.16. The number of carbonyl (C=O) groups is 2. The van der Waals surface area contributed by atoms with Gasteiger partial charge in [0.25, 0.3) is 0 Å². The summed E-state index contributed by atoms with van der Waals surface area (Å²) in [5, 5.41) is 6.40. The molecule has 2 amide bonds. The number of amides is 2. The zero-order valence-electron chi connectivity index (χ0n) is 15.1. The maximum absolute atomic E-state index is 12.1. The molecule has 1 aromatic heterocycles. The van der Waals surface area contributed by atoms with Crippen molar-refractivity contribution in [2.75, 3.05) is 22.1 Å². The van der Waals surface area contributed by atoms with Crippen LogP contribution in [-0.2, 0) is 22.4 Å². The lowest BCUT2D eigenvalue weighted by Crippen LogP contribution is -2.18. The summed E-state index contributed by atoms with van der Waals surface area (Å²) in [5.74, 6) is 0.273. The predicted molar refractivity (Wildman–Crippen MR) is 109 cm³/mol. The van der Waals surface area contributed by atoms with Crippen molar-refractivity contribution in [2.45, 2.75) is 39.5 Å². The smallest absolute Gasteiger partial charge is 0.236 e. The Morgan fingerprint density at radius 1 is 1.08 bits per heavy atom. The molecule has 1 aliphatic carbocycles. The van der Waals surface area contributed by atoms with Crippen molar-refractivity contribution in [1.82, 2.24) is 4.98 Å². The molecule has 0 radical (unpaired) electrons. The van der Waals surface area contributed by atoms with Gasteiger partial charge in [0.1, 0.15) is 0 Å². The second-order valence-electron chi connectivity index (χ2n) is 6.48. The molecule has 0 atom stereocenters. The molecular weight excluding hydrogens is 366 g/mol. The molecule has 0 fully saturated rings. The van der Waals surface area contributed by atoms with Gasteiger partial charge in [-0.15, -0.1) is 23.1 Å². The topological polar surface area (TPSA) is 71.1 Å². The summed E-state index contributed by atoms with van der Waals surface area (Å²) in [6, 6.07) is 5.83. The third kappa shape index (κ3) is 5.08. The number of nitrogens with one attached hydrogen (secondary N) is 2. The Kier molecular flexibility index (Phi) is 6.32. The summed E-state index contributed by atoms with van der Waals surface area (Å²) >= 11 is 2.88. The molecule has 138 valence electrons. The SMILES string of the molecule is Cc1ccc(NC(=O)CSCC(=O)Nc2nc3c(s2)CCCC3)cc1C. The molecule has 1 heterocycles. The minimum Gasteiger partial charge on any atom is -0.325 e. The van der Waals surface area contributed by atoms with E-state index in [9.17, 15) is 9.59 Å². The molecule has 3 rings (SSSR count). The van der Waals surface area contributed by atoms with E-state index in [1.54, 1.807) is 11.3 Å². The fourth-order valence-corrected chi connectivity index (χ4v) is 4.50. The van der Waals surface area contributed by atoms with Crippen LogP contribution in [0.25, 0.3) is 0 Å². The number of carbonyl (C=O) groups excluding carboxylic acids is 2. The lowest BCUT2D eigenvalue weighted by Gasteiger charge is -2.07. The van der Waals surface area contributed by atoms with Crippen molar-refractivity contribution >= 4 is 45.7 Å². The van der Waals surface area contributed by atoms with Gasteiger partial charge < -0.3 is 10.6 Å². The number of hydrogen-bond acceptors (Lipinski definition) is 5. The Hall–Kier alpha value is -1.86. The van der Waals surface area contributed by atoms with Gasteiger partial charge in [-0.25, -0.2) is 4.98 Å². The average Bonchev–Trinajstić information content (AvgIpc) is 3.00. The van der Waals surface area contributed by atoms with E-state index in [0.717, 1.165) is 29.8 Å². The number of nitrogens with zero attached hydrogens (tertiary/aromatic N) is 1. The minimum absolute atomic E-state index is 0.101. The number of anilines is 2. The number of hydrogen-bond donors (Lipinski definition) is 2. The number of aromatic nitrogens is 1. The first-order valence-electron chi connectivity index (χ1n) is 8.74. The minimum atomic E-state index is -0.111. The Balaban J connectivity index is 1.41. The van der Waals surface area contributed by atoms with E-state index in [1.807, 2.05) is 32.0 Å². The Morgan fingerprint density at radius 3 is 2.54 bits per heavy atom. The summed E-state index contributed by atoms with van der Waals surface area (Å²) in [7, 11) is 0. The first-order valence-corrected chi connectivity index (χ1v) is 10.7. The highest BCUT2D eigenvalue weighted by atomic mass is 32.2. The monoisotopic (exact) mass is 389 g/mol. The van der Waals surface area contributed by atoms with E-state index in [1.165, 1.54) is 35.0 Å². The summed E-state index contributed by atoms with van der Waals surface area (Å²) in [4.78, 5) is 29.9. The van der Waals surface area contributed by atoms with E-state index in [0.29, 0.717) is 5.13 Å². The maximum Gasteiger partial charge on any atom is 0.236 e. The van der Waals surface area contributed by atoms with Gasteiger partial charge in [-0.2, -0.15) is 0 Å². The van der Waals surface area contributed by atoms with Gasteiger partial charge in [0, 0.05) is 10.6 Å². The number of thiazole rings is 1. The van der Waals surface area contributed by atoms with Gasteiger partial charge in [0.2, 0.25) is 11.8 Å². The first-order chi connectivity index (χ1) is 12.5. The summed E-state index contributed by atoms with van der Waals surface area (Å²) < 4.78 is 0. The fourth-order valence-electron chi connectivity index (χ4n) is 2.81. The second kappa shape index (κ2) is 8.68. The van der Waals surface area contributed by atoms with Crippen LogP contribution in [0.1, 0.15) is 34.5 Å². The molecular formula is C19H23N3O2S2. The van der Waals surface area contributed by atoms with E-state index in [4.69, 9.17) is 0 Å². The van der Waals surface area contributed by atoms with Crippen molar-refractivity contribution in [3.05, 3.63) is 39.9 Å². The lowest BCUT2D eigenvalue weighted by atomic mass is 10.0. The highest BCUT2D eigenvalue weighted by molar-refractivity contribution is 8.00. The van der Waals surface area contributed by atoms with Gasteiger partial charge in [-0.05, 0) is 62.8 Å². The molecule has 1 aromatic carbocycles. The van der Waals surface area contributed by atoms with Gasteiger partial charge >= 0.3 is 0 Å². The molecule has 1 aliphatic rings. The third-order valence-electron chi connectivity index (χ3n) is 4.35. The second-order valence-corrected chi connectivity index (χ2v) is 8.55. The van der Waals surface area contributed by atoms with Crippen LogP contribution in [0.2, 0.25) is 0 Å². The van der Waals surface area contributed by atoms with Crippen LogP contribution in [-0.4, -0.2) is 28.3 Å². The van der Waals surface area contributed by atoms with Crippen molar-refractivity contribution < 1.29 is 9.59 Å². The summed E-state index contributed by atoms with van der Waals surface area (Å²) in [6.45, 7) is 4.05. The van der Waals surface area contributed by atoms with Gasteiger partial charge in [0.15, 0.2) is 5.13 Å². The van der Waals surface area contributed by atoms with E-state index < -0.39 is 0 Å². The zero-order valence-corrected chi connectivity index (χ0v) is 16.7. The summed E-state index contributed by atoms with van der Waals surface area (Å²) in [6.07, 6.45) is 4.45. The van der Waals surface area contributed by atoms with Crippen LogP contribution in [0.15, 0.2) is 18.2 Å². The molecule has 2 N–H and O–H groups in total. The molecule has 0 bridgehead atoms. The molecule has 7 heteroatoms. The molecule has 0 saturated heterocycles. The maximum atomic E-state index is 12.1. The number of aryl methyl sites for hydroxylation is 4. The van der Waals surface area contributed by atoms with E-state index >= 15 is 0 Å². The molecule has 5 nitrogen and oxygen atoms in total. The summed E-state index contributed by atoms with van der Waals surface area (Å²) in [5.41, 5.74) is 4.26. The standard InChI is InChI=1S/C19H23N3O2S2/c1-12-7-8-14(9-13(12)2)20-17(23)10-25-11-18(24)22-19-21-15-5-3-4-6-16(15)26-19/h7-9H,3-6,10-11H2,1-2H3,(H,20,23)(H,21,22,24). The number of benzene rings is 1. The van der Waals surface area contributed by atoms with Crippen LogP contribution in [0.3, 0.4) is 0 Å². The Bertz CT molecular complexity index is 794. The quantitative estimate of drug-likeness (QED) is 0.785. The van der Waals surface area contributed by atoms with E-state index in [2.05, 4.69) is 15.6 Å². The van der Waals surface area contributed by atoms with Gasteiger partial charge in [-0.1, -0.05) is 6.07 Å². The number of thioether (sulfide) groups is 1. The first kappa shape index (κ1) is 18.9. The van der Waals surface area contributed by atoms with Gasteiger partial charge in [-0.3, -0.25) is 9.59 Å². The van der Waals surface area contributed by atoms with Crippen molar-refractivity contribution in [3.8, 4) is 0 Å². The highest BCUT2D eigenvalue weighted by Crippen LogP contribution is 2.29. The van der Waals surface area contributed by atoms with Crippen molar-refractivity contribution in [3.63, 3.8) is 0 Å². The number of fused-ring (bicyclic) bond motifs is 1. The van der Waals surface area contributed by atoms with Crippen LogP contribution in [0, 0.1) is 13.8 Å². The molecule has 0 saturated carbocycles. The largest absolute Gasteiger partial charge is 0.325 e. The molecule has 26 heavy (non-hydrogen) atoms. The van der Waals surface area contributed by atoms with Crippen LogP contribution in [0.5, 0.6) is 0 Å². The Morgan fingerprint density at radius 2 is 1.81 bits per heavy atom. The molecule has 0 spiro atoms. The number of rotatable bonds is 6. The van der Waals surface area contributed by atoms with Crippen molar-refractivity contribution in [1.29, 1.82) is 0 Å². The average molecular weight is 390 g/mol. The molecule has 0 aliphatic heterocycles. The predicted octanol–water partition coefficient (Wildman–Crippen LogP) is 3.95. The van der Waals surface area contributed by atoms with Crippen LogP contribution >= 0.6 is 23.1 Å². The zero-order chi connectivity index (χ0) is 18.5. The normalized spacial score (nSPS) is 13.2. The van der Waals surface area contributed by atoms with Crippen molar-refractivity contribution in [2.24, 2.45) is 0 Å².